The first-order valence-corrected chi connectivity index (χ1v) is 12.3. The van der Waals surface area contributed by atoms with Gasteiger partial charge in [0, 0.05) is 39.4 Å². The maximum absolute atomic E-state index is 14.2. The van der Waals surface area contributed by atoms with E-state index in [4.69, 9.17) is 4.74 Å². The largest absolute Gasteiger partial charge is 0.466 e. The molecule has 2 fully saturated rings. The van der Waals surface area contributed by atoms with E-state index in [1.165, 1.54) is 11.8 Å². The van der Waals surface area contributed by atoms with Gasteiger partial charge < -0.3 is 10.1 Å². The van der Waals surface area contributed by atoms with Crippen LogP contribution < -0.4 is 5.32 Å². The van der Waals surface area contributed by atoms with Crippen molar-refractivity contribution in [2.45, 2.75) is 28.1 Å². The average Bonchev–Trinajstić information content (AvgIpc) is 3.47. The van der Waals surface area contributed by atoms with Crippen LogP contribution in [0.15, 0.2) is 53.4 Å². The molecule has 31 heavy (non-hydrogen) atoms. The van der Waals surface area contributed by atoms with Gasteiger partial charge in [0.1, 0.15) is 4.75 Å². The fourth-order valence-electron chi connectivity index (χ4n) is 5.85. The van der Waals surface area contributed by atoms with Crippen LogP contribution in [-0.2, 0) is 19.9 Å². The zero-order valence-electron chi connectivity index (χ0n) is 16.8. The van der Waals surface area contributed by atoms with E-state index >= 15 is 0 Å². The Kier molecular flexibility index (Phi) is 4.13. The Bertz CT molecular complexity index is 1150. The zero-order chi connectivity index (χ0) is 21.4. The summed E-state index contributed by atoms with van der Waals surface area (Å²) in [5.74, 6) is -0.285. The summed E-state index contributed by atoms with van der Waals surface area (Å²) in [5.41, 5.74) is 0.784. The minimum absolute atomic E-state index is 0.155. The Labute approximate surface area is 188 Å². The molecule has 1 N–H and O–H groups in total. The topological polar surface area (TPSA) is 75.7 Å². The van der Waals surface area contributed by atoms with Gasteiger partial charge in [-0.25, -0.2) is 0 Å². The van der Waals surface area contributed by atoms with Crippen molar-refractivity contribution < 1.29 is 19.1 Å². The molecule has 4 heterocycles. The lowest BCUT2D eigenvalue weighted by atomic mass is 9.70. The molecule has 6 rings (SSSR count). The average molecular weight is 453 g/mol. The summed E-state index contributed by atoms with van der Waals surface area (Å²) in [6.45, 7) is 2.00. The number of fused-ring (bicyclic) bond motifs is 6. The number of ketones is 1. The lowest BCUT2D eigenvalue weighted by Gasteiger charge is -2.42. The van der Waals surface area contributed by atoms with Crippen molar-refractivity contribution in [1.29, 1.82) is 0 Å². The number of esters is 1. The van der Waals surface area contributed by atoms with Crippen LogP contribution in [0.1, 0.15) is 22.8 Å². The highest BCUT2D eigenvalue weighted by Crippen LogP contribution is 2.69. The molecule has 0 saturated carbocycles. The molecular weight excluding hydrogens is 432 g/mol. The fourth-order valence-corrected chi connectivity index (χ4v) is 8.96. The SMILES string of the molecule is CCOC(=O)[C@@H]1[C@H]2CSCN2[C@@]2(C(=O)Nc3ccccc32)[C@]12Sc1ccccc1C2=O. The van der Waals surface area contributed by atoms with Crippen LogP contribution >= 0.6 is 23.5 Å². The van der Waals surface area contributed by atoms with E-state index in [2.05, 4.69) is 10.2 Å². The maximum Gasteiger partial charge on any atom is 0.312 e. The summed E-state index contributed by atoms with van der Waals surface area (Å²) in [7, 11) is 0. The number of ether oxygens (including phenoxy) is 1. The maximum atomic E-state index is 14.2. The van der Waals surface area contributed by atoms with Gasteiger partial charge in [-0.2, -0.15) is 0 Å². The second kappa shape index (κ2) is 6.60. The molecule has 0 unspecified atom stereocenters. The third kappa shape index (κ3) is 2.13. The van der Waals surface area contributed by atoms with Crippen LogP contribution in [0.5, 0.6) is 0 Å². The lowest BCUT2D eigenvalue weighted by Crippen LogP contribution is -2.62. The van der Waals surface area contributed by atoms with E-state index in [1.807, 2.05) is 42.5 Å². The number of hydrogen-bond acceptors (Lipinski definition) is 7. The number of hydrogen-bond donors (Lipinski definition) is 1. The third-order valence-electron chi connectivity index (χ3n) is 6.88. The van der Waals surface area contributed by atoms with Crippen LogP contribution in [0.25, 0.3) is 0 Å². The van der Waals surface area contributed by atoms with Gasteiger partial charge in [-0.3, -0.25) is 19.3 Å². The van der Waals surface area contributed by atoms with E-state index in [-0.39, 0.29) is 24.3 Å². The number of rotatable bonds is 2. The Morgan fingerprint density at radius 1 is 1.19 bits per heavy atom. The lowest BCUT2D eigenvalue weighted by molar-refractivity contribution is -0.149. The summed E-state index contributed by atoms with van der Waals surface area (Å²) in [5, 5.41) is 3.03. The van der Waals surface area contributed by atoms with Gasteiger partial charge in [-0.15, -0.1) is 23.5 Å². The van der Waals surface area contributed by atoms with E-state index in [1.54, 1.807) is 24.8 Å². The summed E-state index contributed by atoms with van der Waals surface area (Å²) < 4.78 is 4.21. The number of benzene rings is 2. The van der Waals surface area contributed by atoms with Gasteiger partial charge in [0.15, 0.2) is 11.3 Å². The van der Waals surface area contributed by atoms with Gasteiger partial charge in [0.05, 0.1) is 12.5 Å². The molecule has 2 aromatic rings. The molecule has 0 bridgehead atoms. The minimum Gasteiger partial charge on any atom is -0.466 e. The number of anilines is 1. The Morgan fingerprint density at radius 3 is 2.77 bits per heavy atom. The molecule has 4 aliphatic rings. The number of para-hydroxylation sites is 1. The van der Waals surface area contributed by atoms with Crippen LogP contribution in [0.2, 0.25) is 0 Å². The highest BCUT2D eigenvalue weighted by molar-refractivity contribution is 8.02. The van der Waals surface area contributed by atoms with E-state index in [0.717, 1.165) is 10.5 Å². The first-order valence-electron chi connectivity index (χ1n) is 10.3. The summed E-state index contributed by atoms with van der Waals surface area (Å²) in [4.78, 5) is 44.5. The first-order chi connectivity index (χ1) is 15.1. The van der Waals surface area contributed by atoms with Crippen LogP contribution in [0, 0.1) is 5.92 Å². The predicted octanol–water partition coefficient (Wildman–Crippen LogP) is 3.13. The number of carbonyl (C=O) groups excluding carboxylic acids is 3. The van der Waals surface area contributed by atoms with Crippen molar-refractivity contribution in [2.75, 3.05) is 23.6 Å². The van der Waals surface area contributed by atoms with E-state index in [0.29, 0.717) is 22.9 Å². The third-order valence-corrected chi connectivity index (χ3v) is 9.56. The van der Waals surface area contributed by atoms with Crippen molar-refractivity contribution in [3.05, 3.63) is 59.7 Å². The van der Waals surface area contributed by atoms with Crippen molar-refractivity contribution in [2.24, 2.45) is 5.92 Å². The van der Waals surface area contributed by atoms with E-state index in [9.17, 15) is 14.4 Å². The highest BCUT2D eigenvalue weighted by Gasteiger charge is 2.81. The molecule has 4 aliphatic heterocycles. The number of nitrogens with one attached hydrogen (secondary N) is 1. The Balaban J connectivity index is 1.69. The molecular formula is C23H20N2O4S2. The van der Waals surface area contributed by atoms with Crippen molar-refractivity contribution in [3.8, 4) is 0 Å². The summed E-state index contributed by atoms with van der Waals surface area (Å²) in [6, 6.07) is 14.7. The fraction of sp³-hybridized carbons (Fsp3) is 0.348. The first kappa shape index (κ1) is 19.4. The van der Waals surface area contributed by atoms with Gasteiger partial charge in [0.25, 0.3) is 5.91 Å². The standard InChI is InChI=1S/C23H20N2O4S2/c1-2-29-20(27)18-16-11-30-12-25(16)22(14-8-4-5-9-15(14)24-21(22)28)23(18)19(26)13-7-3-6-10-17(13)31-23/h3-10,16,18H,2,11-12H2,1H3,(H,24,28)/t16-,18+,22+,23+/m1/s1. The molecule has 4 atom stereocenters. The number of nitrogens with zero attached hydrogens (tertiary/aromatic N) is 1. The molecule has 6 nitrogen and oxygen atoms in total. The number of amides is 1. The van der Waals surface area contributed by atoms with Crippen molar-refractivity contribution in [1.82, 2.24) is 4.90 Å². The molecule has 2 aromatic carbocycles. The van der Waals surface area contributed by atoms with E-state index < -0.39 is 22.2 Å². The number of Topliss-reactive ketones (excluding diaryl/α,β-unsaturated/α-hetero) is 1. The molecule has 0 aliphatic carbocycles. The van der Waals surface area contributed by atoms with Gasteiger partial charge in [0.2, 0.25) is 0 Å². The zero-order valence-corrected chi connectivity index (χ0v) is 18.4. The molecule has 1 amide bonds. The molecule has 158 valence electrons. The monoisotopic (exact) mass is 452 g/mol. The van der Waals surface area contributed by atoms with Gasteiger partial charge in [-0.1, -0.05) is 36.4 Å². The quantitative estimate of drug-likeness (QED) is 0.702. The Morgan fingerprint density at radius 2 is 1.97 bits per heavy atom. The van der Waals surface area contributed by atoms with Crippen molar-refractivity contribution >= 4 is 46.9 Å². The Hall–Kier alpha value is -2.29. The summed E-state index contributed by atoms with van der Waals surface area (Å²) in [6.07, 6.45) is 0. The second-order valence-electron chi connectivity index (χ2n) is 8.14. The molecule has 2 saturated heterocycles. The van der Waals surface area contributed by atoms with Crippen LogP contribution in [-0.4, -0.2) is 51.6 Å². The molecule has 0 radical (unpaired) electrons. The molecule has 8 heteroatoms. The number of thioether (sulfide) groups is 2. The minimum atomic E-state index is -1.31. The summed E-state index contributed by atoms with van der Waals surface area (Å²) >= 11 is 3.06. The van der Waals surface area contributed by atoms with Crippen LogP contribution in [0.4, 0.5) is 5.69 Å². The predicted molar refractivity (Wildman–Crippen MR) is 119 cm³/mol. The van der Waals surface area contributed by atoms with Gasteiger partial charge >= 0.3 is 5.97 Å². The molecule has 2 spiro atoms. The highest BCUT2D eigenvalue weighted by atomic mass is 32.2. The van der Waals surface area contributed by atoms with Crippen molar-refractivity contribution in [3.63, 3.8) is 0 Å². The normalized spacial score (nSPS) is 32.9. The van der Waals surface area contributed by atoms with Crippen LogP contribution in [0.3, 0.4) is 0 Å². The van der Waals surface area contributed by atoms with Gasteiger partial charge in [-0.05, 0) is 19.1 Å². The number of carbonyl (C=O) groups is 3. The second-order valence-corrected chi connectivity index (χ2v) is 10.4. The molecule has 0 aromatic heterocycles. The smallest absolute Gasteiger partial charge is 0.312 e.